The third kappa shape index (κ3) is 5.16. The predicted octanol–water partition coefficient (Wildman–Crippen LogP) is 1.99. The van der Waals surface area contributed by atoms with E-state index in [1.54, 1.807) is 18.3 Å². The number of rotatable bonds is 7. The first-order valence-corrected chi connectivity index (χ1v) is 11.5. The maximum absolute atomic E-state index is 13.0. The van der Waals surface area contributed by atoms with E-state index in [2.05, 4.69) is 15.2 Å². The van der Waals surface area contributed by atoms with Crippen LogP contribution in [-0.2, 0) is 16.1 Å². The van der Waals surface area contributed by atoms with Gasteiger partial charge in [0.15, 0.2) is 0 Å². The molecule has 3 aliphatic rings. The lowest BCUT2D eigenvalue weighted by atomic mass is 9.77. The molecule has 0 spiro atoms. The number of fused-ring (bicyclic) bond motifs is 1. The third-order valence-electron chi connectivity index (χ3n) is 6.26. The smallest absolute Gasteiger partial charge is 0.273 e. The van der Waals surface area contributed by atoms with Gasteiger partial charge in [0.25, 0.3) is 5.91 Å². The summed E-state index contributed by atoms with van der Waals surface area (Å²) in [5.41, 5.74) is 0.561. The van der Waals surface area contributed by atoms with E-state index in [4.69, 9.17) is 4.74 Å². The van der Waals surface area contributed by atoms with Gasteiger partial charge in [0.2, 0.25) is 5.91 Å². The van der Waals surface area contributed by atoms with E-state index in [0.29, 0.717) is 23.4 Å². The normalized spacial score (nSPS) is 29.2. The first-order valence-electron chi connectivity index (χ1n) is 10.7. The second kappa shape index (κ2) is 8.70. The monoisotopic (exact) mass is 420 g/mol. The zero-order valence-electron chi connectivity index (χ0n) is 17.6. The van der Waals surface area contributed by atoms with E-state index >= 15 is 0 Å². The largest absolute Gasteiger partial charge is 0.376 e. The number of amides is 2. The predicted molar refractivity (Wildman–Crippen MR) is 112 cm³/mol. The van der Waals surface area contributed by atoms with E-state index in [1.165, 1.54) is 12.8 Å². The van der Waals surface area contributed by atoms with Crippen molar-refractivity contribution in [3.05, 3.63) is 16.1 Å². The number of thiazole rings is 1. The van der Waals surface area contributed by atoms with Gasteiger partial charge in [-0.15, -0.1) is 11.3 Å². The zero-order chi connectivity index (χ0) is 20.5. The van der Waals surface area contributed by atoms with Crippen LogP contribution in [0.3, 0.4) is 0 Å². The lowest BCUT2D eigenvalue weighted by Gasteiger charge is -2.38. The lowest BCUT2D eigenvalue weighted by molar-refractivity contribution is -0.122. The van der Waals surface area contributed by atoms with Crippen LogP contribution >= 0.6 is 11.3 Å². The summed E-state index contributed by atoms with van der Waals surface area (Å²) in [4.78, 5) is 33.3. The molecule has 1 aromatic rings. The number of nitrogens with zero attached hydrogens (tertiary/aromatic N) is 3. The van der Waals surface area contributed by atoms with Crippen LogP contribution in [0, 0.1) is 17.8 Å². The molecule has 1 aliphatic heterocycles. The standard InChI is InChI=1S/C21H32N4O3S/c1-13(26)22-17-6-15-8-25(9-16(15)7-19(17)28-11-14-4-5-14)21(27)18-12-29-20(23-18)10-24(2)3/h12,14-17,19H,4-11H2,1-3H3,(H,22,26)/t15-,16+,17-,19-/m1/s1. The molecule has 0 unspecified atom stereocenters. The van der Waals surface area contributed by atoms with Gasteiger partial charge >= 0.3 is 0 Å². The number of hydrogen-bond donors (Lipinski definition) is 1. The first kappa shape index (κ1) is 20.8. The van der Waals surface area contributed by atoms with Crippen LogP contribution in [0.5, 0.6) is 0 Å². The molecule has 0 bridgehead atoms. The molecular weight excluding hydrogens is 388 g/mol. The van der Waals surface area contributed by atoms with Crippen molar-refractivity contribution in [2.24, 2.45) is 17.8 Å². The van der Waals surface area contributed by atoms with E-state index in [0.717, 1.165) is 44.1 Å². The maximum Gasteiger partial charge on any atom is 0.273 e. The molecule has 4 atom stereocenters. The minimum absolute atomic E-state index is 0.00436. The molecule has 0 aromatic carbocycles. The minimum Gasteiger partial charge on any atom is -0.376 e. The molecule has 8 heteroatoms. The van der Waals surface area contributed by atoms with Crippen molar-refractivity contribution in [3.63, 3.8) is 0 Å². The number of carbonyl (C=O) groups excluding carboxylic acids is 2. The van der Waals surface area contributed by atoms with Crippen LogP contribution in [0.15, 0.2) is 5.38 Å². The summed E-state index contributed by atoms with van der Waals surface area (Å²) in [6.45, 7) is 4.63. The Balaban J connectivity index is 1.39. The van der Waals surface area contributed by atoms with Gasteiger partial charge in [0.1, 0.15) is 10.7 Å². The van der Waals surface area contributed by atoms with Gasteiger partial charge < -0.3 is 19.9 Å². The van der Waals surface area contributed by atoms with Crippen LogP contribution in [-0.4, -0.2) is 72.5 Å². The molecule has 2 heterocycles. The van der Waals surface area contributed by atoms with Gasteiger partial charge in [-0.1, -0.05) is 0 Å². The molecule has 3 fully saturated rings. The number of hydrogen-bond acceptors (Lipinski definition) is 6. The van der Waals surface area contributed by atoms with Crippen molar-refractivity contribution in [1.82, 2.24) is 20.1 Å². The molecule has 7 nitrogen and oxygen atoms in total. The van der Waals surface area contributed by atoms with E-state index in [1.807, 2.05) is 24.4 Å². The van der Waals surface area contributed by atoms with E-state index in [9.17, 15) is 9.59 Å². The molecule has 1 aromatic heterocycles. The minimum atomic E-state index is -0.00436. The number of ether oxygens (including phenoxy) is 1. The summed E-state index contributed by atoms with van der Waals surface area (Å²) in [6, 6.07) is 0.0496. The van der Waals surface area contributed by atoms with Gasteiger partial charge in [-0.2, -0.15) is 0 Å². The second-order valence-electron chi connectivity index (χ2n) is 9.19. The Morgan fingerprint density at radius 3 is 2.66 bits per heavy atom. The van der Waals surface area contributed by atoms with Gasteiger partial charge in [-0.05, 0) is 57.5 Å². The van der Waals surface area contributed by atoms with Crippen molar-refractivity contribution >= 4 is 23.2 Å². The number of nitrogens with one attached hydrogen (secondary N) is 1. The molecular formula is C21H32N4O3S. The first-order chi connectivity index (χ1) is 13.9. The van der Waals surface area contributed by atoms with Gasteiger partial charge in [-0.25, -0.2) is 4.98 Å². The Morgan fingerprint density at radius 2 is 2.00 bits per heavy atom. The fourth-order valence-electron chi connectivity index (χ4n) is 4.63. The number of likely N-dealkylation sites (tertiary alicyclic amines) is 1. The number of aromatic nitrogens is 1. The second-order valence-corrected chi connectivity index (χ2v) is 10.1. The van der Waals surface area contributed by atoms with Crippen LogP contribution < -0.4 is 5.32 Å². The summed E-state index contributed by atoms with van der Waals surface area (Å²) in [7, 11) is 4.00. The third-order valence-corrected chi connectivity index (χ3v) is 7.09. The van der Waals surface area contributed by atoms with Gasteiger partial charge in [0.05, 0.1) is 12.1 Å². The van der Waals surface area contributed by atoms with Crippen molar-refractivity contribution in [2.75, 3.05) is 33.8 Å². The Kier molecular flexibility index (Phi) is 6.22. The maximum atomic E-state index is 13.0. The lowest BCUT2D eigenvalue weighted by Crippen LogP contribution is -2.50. The highest BCUT2D eigenvalue weighted by molar-refractivity contribution is 7.09. The van der Waals surface area contributed by atoms with Crippen molar-refractivity contribution in [3.8, 4) is 0 Å². The summed E-state index contributed by atoms with van der Waals surface area (Å²) in [5.74, 6) is 1.58. The topological polar surface area (TPSA) is 74.8 Å². The van der Waals surface area contributed by atoms with E-state index < -0.39 is 0 Å². The average Bonchev–Trinajstić information content (AvgIpc) is 3.21. The Morgan fingerprint density at radius 1 is 1.28 bits per heavy atom. The number of carbonyl (C=O) groups is 2. The Bertz CT molecular complexity index is 748. The van der Waals surface area contributed by atoms with E-state index in [-0.39, 0.29) is 24.0 Å². The molecule has 2 amide bonds. The summed E-state index contributed by atoms with van der Waals surface area (Å²) < 4.78 is 6.22. The zero-order valence-corrected chi connectivity index (χ0v) is 18.4. The molecule has 4 rings (SSSR count). The quantitative estimate of drug-likeness (QED) is 0.730. The van der Waals surface area contributed by atoms with Gasteiger partial charge in [0, 0.05) is 38.5 Å². The summed E-state index contributed by atoms with van der Waals surface area (Å²) in [6.07, 6.45) is 4.37. The van der Waals surface area contributed by atoms with Crippen LogP contribution in [0.2, 0.25) is 0 Å². The fourth-order valence-corrected chi connectivity index (χ4v) is 5.52. The molecule has 2 aliphatic carbocycles. The molecule has 160 valence electrons. The average molecular weight is 421 g/mol. The van der Waals surface area contributed by atoms with Crippen LogP contribution in [0.4, 0.5) is 0 Å². The highest BCUT2D eigenvalue weighted by atomic mass is 32.1. The molecule has 2 saturated carbocycles. The van der Waals surface area contributed by atoms with Crippen molar-refractivity contribution in [1.29, 1.82) is 0 Å². The highest BCUT2D eigenvalue weighted by Gasteiger charge is 2.44. The SMILES string of the molecule is CC(=O)N[C@@H]1C[C@@H]2CN(C(=O)c3csc(CN(C)C)n3)C[C@@H]2C[C@H]1OCC1CC1. The Hall–Kier alpha value is -1.51. The summed E-state index contributed by atoms with van der Waals surface area (Å²) >= 11 is 1.55. The fraction of sp³-hybridized carbons (Fsp3) is 0.762. The molecule has 0 radical (unpaired) electrons. The molecule has 1 N–H and O–H groups in total. The van der Waals surface area contributed by atoms with Crippen LogP contribution in [0.25, 0.3) is 0 Å². The van der Waals surface area contributed by atoms with Crippen molar-refractivity contribution < 1.29 is 14.3 Å². The molecule has 29 heavy (non-hydrogen) atoms. The molecule has 1 saturated heterocycles. The van der Waals surface area contributed by atoms with Crippen LogP contribution in [0.1, 0.15) is 48.1 Å². The summed E-state index contributed by atoms with van der Waals surface area (Å²) in [5, 5.41) is 5.95. The van der Waals surface area contributed by atoms with Gasteiger partial charge in [-0.3, -0.25) is 9.59 Å². The van der Waals surface area contributed by atoms with Crippen molar-refractivity contribution in [2.45, 2.75) is 51.3 Å². The highest BCUT2D eigenvalue weighted by Crippen LogP contribution is 2.39. The Labute approximate surface area is 176 Å².